The highest BCUT2D eigenvalue weighted by Crippen LogP contribution is 2.27. The Bertz CT molecular complexity index is 598. The molecule has 2 aliphatic rings. The average Bonchev–Trinajstić information content (AvgIpc) is 2.51. The number of rotatable bonds is 5. The maximum Gasteiger partial charge on any atom is 0.227 e. The van der Waals surface area contributed by atoms with E-state index in [4.69, 9.17) is 5.73 Å². The quantitative estimate of drug-likeness (QED) is 0.776. The largest absolute Gasteiger partial charge is 0.352 e. The van der Waals surface area contributed by atoms with Gasteiger partial charge in [-0.3, -0.25) is 9.59 Å². The second-order valence-corrected chi connectivity index (χ2v) is 7.16. The van der Waals surface area contributed by atoms with E-state index in [1.807, 2.05) is 24.3 Å². The zero-order valence-electron chi connectivity index (χ0n) is 14.1. The Kier molecular flexibility index (Phi) is 5.51. The van der Waals surface area contributed by atoms with Gasteiger partial charge in [0, 0.05) is 30.1 Å². The lowest BCUT2D eigenvalue weighted by molar-refractivity contribution is -0.126. The summed E-state index contributed by atoms with van der Waals surface area (Å²) in [5.41, 5.74) is 7.76. The van der Waals surface area contributed by atoms with Crippen molar-refractivity contribution in [3.05, 3.63) is 29.8 Å². The summed E-state index contributed by atoms with van der Waals surface area (Å²) in [5.74, 6) is 0.409. The Hall–Kier alpha value is -1.88. The van der Waals surface area contributed by atoms with E-state index in [1.54, 1.807) is 0 Å². The number of hydrogen-bond donors (Lipinski definition) is 3. The van der Waals surface area contributed by atoms with Crippen molar-refractivity contribution < 1.29 is 9.59 Å². The second-order valence-electron chi connectivity index (χ2n) is 7.16. The first kappa shape index (κ1) is 17.0. The van der Waals surface area contributed by atoms with Gasteiger partial charge in [0.25, 0.3) is 0 Å². The average molecular weight is 329 g/mol. The molecule has 130 valence electrons. The van der Waals surface area contributed by atoms with Crippen molar-refractivity contribution in [1.82, 2.24) is 5.32 Å². The molecule has 1 aromatic carbocycles. The van der Waals surface area contributed by atoms with Crippen LogP contribution < -0.4 is 16.4 Å². The lowest BCUT2D eigenvalue weighted by Gasteiger charge is -2.25. The van der Waals surface area contributed by atoms with Crippen LogP contribution in [0.25, 0.3) is 0 Å². The molecule has 0 radical (unpaired) electrons. The molecule has 24 heavy (non-hydrogen) atoms. The molecule has 2 fully saturated rings. The summed E-state index contributed by atoms with van der Waals surface area (Å²) in [6, 6.07) is 7.85. The fraction of sp³-hybridized carbons (Fsp3) is 0.579. The fourth-order valence-electron chi connectivity index (χ4n) is 3.47. The topological polar surface area (TPSA) is 84.2 Å². The lowest BCUT2D eigenvalue weighted by Crippen LogP contribution is -2.37. The Morgan fingerprint density at radius 2 is 1.79 bits per heavy atom. The molecule has 2 saturated carbocycles. The number of nitrogens with two attached hydrogens (primary N) is 1. The molecular formula is C19H27N3O2. The third-order valence-electron chi connectivity index (χ3n) is 5.22. The number of nitrogens with one attached hydrogen (secondary N) is 2. The van der Waals surface area contributed by atoms with E-state index in [0.29, 0.717) is 6.54 Å². The number of carbonyl (C=O) groups excluding carboxylic acids is 2. The van der Waals surface area contributed by atoms with Crippen molar-refractivity contribution in [3.8, 4) is 0 Å². The van der Waals surface area contributed by atoms with Gasteiger partial charge in [0.1, 0.15) is 0 Å². The van der Waals surface area contributed by atoms with E-state index < -0.39 is 0 Å². The molecule has 0 spiro atoms. The van der Waals surface area contributed by atoms with E-state index in [1.165, 1.54) is 0 Å². The predicted molar refractivity (Wildman–Crippen MR) is 94.2 cm³/mol. The molecule has 1 aromatic rings. The third-order valence-corrected chi connectivity index (χ3v) is 5.22. The van der Waals surface area contributed by atoms with Crippen molar-refractivity contribution in [1.29, 1.82) is 0 Å². The number of anilines is 1. The summed E-state index contributed by atoms with van der Waals surface area (Å²) in [6.45, 7) is 0.484. The van der Waals surface area contributed by atoms with Crippen LogP contribution in [0.1, 0.15) is 50.5 Å². The zero-order valence-corrected chi connectivity index (χ0v) is 14.1. The van der Waals surface area contributed by atoms with Crippen LogP contribution in [0.15, 0.2) is 24.3 Å². The molecule has 5 nitrogen and oxygen atoms in total. The Labute approximate surface area is 143 Å². The van der Waals surface area contributed by atoms with Crippen molar-refractivity contribution >= 4 is 17.5 Å². The van der Waals surface area contributed by atoms with Gasteiger partial charge in [0.05, 0.1) is 0 Å². The van der Waals surface area contributed by atoms with E-state index in [2.05, 4.69) is 10.6 Å². The number of hydrogen-bond acceptors (Lipinski definition) is 3. The fourth-order valence-corrected chi connectivity index (χ4v) is 3.47. The Balaban J connectivity index is 1.50. The standard InChI is InChI=1S/C19H27N3O2/c20-16-8-3-7-15(11-16)18(23)21-12-13-4-1-9-17(10-13)22-19(24)14-5-2-6-14/h1,4,9-10,14-16H,2-3,5-8,11-12,20H2,(H,21,23)(H,22,24). The molecule has 2 amide bonds. The van der Waals surface area contributed by atoms with Crippen LogP contribution in [-0.2, 0) is 16.1 Å². The second kappa shape index (κ2) is 7.79. The summed E-state index contributed by atoms with van der Waals surface area (Å²) in [7, 11) is 0. The number of benzene rings is 1. The molecule has 3 rings (SSSR count). The molecule has 0 bridgehead atoms. The molecule has 0 heterocycles. The summed E-state index contributed by atoms with van der Waals surface area (Å²) >= 11 is 0. The van der Waals surface area contributed by atoms with Gasteiger partial charge in [0.2, 0.25) is 11.8 Å². The van der Waals surface area contributed by atoms with Crippen LogP contribution in [0.4, 0.5) is 5.69 Å². The zero-order chi connectivity index (χ0) is 16.9. The van der Waals surface area contributed by atoms with Crippen molar-refractivity contribution in [2.24, 2.45) is 17.6 Å². The van der Waals surface area contributed by atoms with Crippen LogP contribution in [0.5, 0.6) is 0 Å². The summed E-state index contributed by atoms with van der Waals surface area (Å²) < 4.78 is 0. The van der Waals surface area contributed by atoms with Crippen molar-refractivity contribution in [2.75, 3.05) is 5.32 Å². The van der Waals surface area contributed by atoms with Gasteiger partial charge in [-0.05, 0) is 49.8 Å². The van der Waals surface area contributed by atoms with Crippen molar-refractivity contribution in [2.45, 2.75) is 57.5 Å². The van der Waals surface area contributed by atoms with Crippen LogP contribution in [0.3, 0.4) is 0 Å². The van der Waals surface area contributed by atoms with Gasteiger partial charge in [0.15, 0.2) is 0 Å². The van der Waals surface area contributed by atoms with E-state index in [-0.39, 0.29) is 29.7 Å². The number of carbonyl (C=O) groups is 2. The first-order chi connectivity index (χ1) is 11.6. The molecule has 0 aliphatic heterocycles. The summed E-state index contributed by atoms with van der Waals surface area (Å²) in [6.07, 6.45) is 6.89. The maximum atomic E-state index is 12.3. The van der Waals surface area contributed by atoms with Crippen molar-refractivity contribution in [3.63, 3.8) is 0 Å². The van der Waals surface area contributed by atoms with Gasteiger partial charge >= 0.3 is 0 Å². The normalized spacial score (nSPS) is 24.0. The SMILES string of the molecule is NC1CCCC(C(=O)NCc2cccc(NC(=O)C3CCC3)c2)C1. The molecule has 0 aromatic heterocycles. The first-order valence-electron chi connectivity index (χ1n) is 9.05. The minimum Gasteiger partial charge on any atom is -0.352 e. The lowest BCUT2D eigenvalue weighted by atomic mass is 9.85. The molecule has 0 saturated heterocycles. The third kappa shape index (κ3) is 4.35. The highest BCUT2D eigenvalue weighted by Gasteiger charge is 2.26. The van der Waals surface area contributed by atoms with E-state index >= 15 is 0 Å². The maximum absolute atomic E-state index is 12.3. The van der Waals surface area contributed by atoms with Gasteiger partial charge in [-0.2, -0.15) is 0 Å². The molecule has 2 aliphatic carbocycles. The molecule has 2 atom stereocenters. The molecular weight excluding hydrogens is 302 g/mol. The van der Waals surface area contributed by atoms with Crippen LogP contribution in [0.2, 0.25) is 0 Å². The molecule has 4 N–H and O–H groups in total. The monoisotopic (exact) mass is 329 g/mol. The highest BCUT2D eigenvalue weighted by atomic mass is 16.2. The minimum absolute atomic E-state index is 0.0373. The highest BCUT2D eigenvalue weighted by molar-refractivity contribution is 5.93. The summed E-state index contributed by atoms with van der Waals surface area (Å²) in [4.78, 5) is 24.3. The van der Waals surface area contributed by atoms with Crippen LogP contribution in [-0.4, -0.2) is 17.9 Å². The van der Waals surface area contributed by atoms with E-state index in [0.717, 1.165) is 56.2 Å². The van der Waals surface area contributed by atoms with Gasteiger partial charge in [-0.15, -0.1) is 0 Å². The van der Waals surface area contributed by atoms with Gasteiger partial charge in [-0.25, -0.2) is 0 Å². The summed E-state index contributed by atoms with van der Waals surface area (Å²) in [5, 5.41) is 5.98. The smallest absolute Gasteiger partial charge is 0.227 e. The van der Waals surface area contributed by atoms with Crippen LogP contribution in [0, 0.1) is 11.8 Å². The van der Waals surface area contributed by atoms with Gasteiger partial charge in [-0.1, -0.05) is 25.0 Å². The van der Waals surface area contributed by atoms with E-state index in [9.17, 15) is 9.59 Å². The Morgan fingerprint density at radius 3 is 2.50 bits per heavy atom. The molecule has 2 unspecified atom stereocenters. The Morgan fingerprint density at radius 1 is 1.04 bits per heavy atom. The van der Waals surface area contributed by atoms with Crippen LogP contribution >= 0.6 is 0 Å². The number of amides is 2. The first-order valence-corrected chi connectivity index (χ1v) is 9.05. The minimum atomic E-state index is 0.0373. The molecule has 5 heteroatoms. The van der Waals surface area contributed by atoms with Gasteiger partial charge < -0.3 is 16.4 Å². The predicted octanol–water partition coefficient (Wildman–Crippen LogP) is 2.56.